The van der Waals surface area contributed by atoms with Gasteiger partial charge in [-0.3, -0.25) is 4.79 Å². The fraction of sp³-hybridized carbons (Fsp3) is 0.182. The Kier molecular flexibility index (Phi) is 6.05. The second-order valence-corrected chi connectivity index (χ2v) is 6.15. The molecule has 0 saturated heterocycles. The van der Waals surface area contributed by atoms with Crippen LogP contribution in [0.2, 0.25) is 0 Å². The number of nitrogens with zero attached hydrogens (tertiary/aromatic N) is 1. The van der Waals surface area contributed by atoms with E-state index in [1.54, 1.807) is 18.3 Å². The number of hydrogen-bond acceptors (Lipinski definition) is 4. The molecule has 1 heterocycles. The molecule has 27 heavy (non-hydrogen) atoms. The Morgan fingerprint density at radius 2 is 1.85 bits per heavy atom. The van der Waals surface area contributed by atoms with Crippen molar-refractivity contribution in [2.75, 3.05) is 17.2 Å². The molecule has 3 aromatic rings. The predicted molar refractivity (Wildman–Crippen MR) is 108 cm³/mol. The molecule has 1 amide bonds. The van der Waals surface area contributed by atoms with E-state index < -0.39 is 0 Å². The first-order chi connectivity index (χ1) is 13.2. The summed E-state index contributed by atoms with van der Waals surface area (Å²) in [7, 11) is 0. The quantitative estimate of drug-likeness (QED) is 0.643. The smallest absolute Gasteiger partial charge is 0.255 e. The van der Waals surface area contributed by atoms with Crippen LogP contribution in [0.5, 0.6) is 5.75 Å². The van der Waals surface area contributed by atoms with Gasteiger partial charge in [0.25, 0.3) is 5.91 Å². The molecule has 3 rings (SSSR count). The van der Waals surface area contributed by atoms with Gasteiger partial charge in [-0.1, -0.05) is 42.0 Å². The van der Waals surface area contributed by atoms with Crippen LogP contribution in [-0.2, 0) is 6.54 Å². The normalized spacial score (nSPS) is 10.3. The lowest BCUT2D eigenvalue weighted by Gasteiger charge is -2.12. The van der Waals surface area contributed by atoms with Crippen LogP contribution in [0.15, 0.2) is 66.9 Å². The van der Waals surface area contributed by atoms with E-state index in [2.05, 4.69) is 46.8 Å². The lowest BCUT2D eigenvalue weighted by molar-refractivity contribution is 0.102. The summed E-state index contributed by atoms with van der Waals surface area (Å²) in [4.78, 5) is 16.9. The average molecular weight is 361 g/mol. The molecule has 5 heteroatoms. The number of hydrogen-bond donors (Lipinski definition) is 2. The van der Waals surface area contributed by atoms with E-state index in [9.17, 15) is 4.79 Å². The molecule has 0 bridgehead atoms. The number of amides is 1. The van der Waals surface area contributed by atoms with E-state index in [0.29, 0.717) is 36.0 Å². The van der Waals surface area contributed by atoms with E-state index in [-0.39, 0.29) is 5.91 Å². The SMILES string of the molecule is CCOc1ccccc1NC(=O)c1ccnc(NCc2ccc(C)cc2)c1. The summed E-state index contributed by atoms with van der Waals surface area (Å²) in [6.45, 7) is 5.15. The standard InChI is InChI=1S/C22H23N3O2/c1-3-27-20-7-5-4-6-19(20)25-22(26)18-12-13-23-21(14-18)24-15-17-10-8-16(2)9-11-17/h4-14H,3,15H2,1-2H3,(H,23,24)(H,25,26). The van der Waals surface area contributed by atoms with Crippen molar-refractivity contribution in [3.05, 3.63) is 83.6 Å². The van der Waals surface area contributed by atoms with Gasteiger partial charge in [0.05, 0.1) is 12.3 Å². The van der Waals surface area contributed by atoms with E-state index >= 15 is 0 Å². The summed E-state index contributed by atoms with van der Waals surface area (Å²) in [6, 6.07) is 19.1. The second-order valence-electron chi connectivity index (χ2n) is 6.15. The third-order valence-electron chi connectivity index (χ3n) is 4.05. The molecule has 0 spiro atoms. The summed E-state index contributed by atoms with van der Waals surface area (Å²) in [6.07, 6.45) is 1.63. The lowest BCUT2D eigenvalue weighted by Crippen LogP contribution is -2.13. The van der Waals surface area contributed by atoms with E-state index in [1.165, 1.54) is 5.56 Å². The van der Waals surface area contributed by atoms with Gasteiger partial charge in [0.2, 0.25) is 0 Å². The molecule has 0 fully saturated rings. The van der Waals surface area contributed by atoms with Gasteiger partial charge in [-0.25, -0.2) is 4.98 Å². The second kappa shape index (κ2) is 8.85. The number of pyridine rings is 1. The van der Waals surface area contributed by atoms with Crippen molar-refractivity contribution < 1.29 is 9.53 Å². The van der Waals surface area contributed by atoms with Crippen LogP contribution in [0.1, 0.15) is 28.4 Å². The van der Waals surface area contributed by atoms with E-state index in [1.807, 2.05) is 31.2 Å². The number of anilines is 2. The molecule has 0 aliphatic rings. The Balaban J connectivity index is 1.67. The minimum absolute atomic E-state index is 0.206. The van der Waals surface area contributed by atoms with Crippen LogP contribution in [0, 0.1) is 6.92 Å². The highest BCUT2D eigenvalue weighted by Gasteiger charge is 2.10. The first kappa shape index (κ1) is 18.5. The van der Waals surface area contributed by atoms with Gasteiger partial charge in [-0.15, -0.1) is 0 Å². The zero-order chi connectivity index (χ0) is 19.1. The number of para-hydroxylation sites is 2. The largest absolute Gasteiger partial charge is 0.492 e. The fourth-order valence-corrected chi connectivity index (χ4v) is 2.61. The summed E-state index contributed by atoms with van der Waals surface area (Å²) >= 11 is 0. The molecule has 0 aliphatic heterocycles. The Hall–Kier alpha value is -3.34. The van der Waals surface area contributed by atoms with Crippen molar-refractivity contribution in [3.8, 4) is 5.75 Å². The molecule has 138 valence electrons. The van der Waals surface area contributed by atoms with Crippen LogP contribution in [0.4, 0.5) is 11.5 Å². The number of ether oxygens (including phenoxy) is 1. The molecule has 0 aliphatic carbocycles. The van der Waals surface area contributed by atoms with E-state index in [4.69, 9.17) is 4.74 Å². The van der Waals surface area contributed by atoms with Gasteiger partial charge >= 0.3 is 0 Å². The number of nitrogens with one attached hydrogen (secondary N) is 2. The minimum atomic E-state index is -0.206. The Labute approximate surface area is 159 Å². The highest BCUT2D eigenvalue weighted by molar-refractivity contribution is 6.05. The Bertz CT molecular complexity index is 907. The molecule has 1 aromatic heterocycles. The number of carbonyl (C=O) groups excluding carboxylic acids is 1. The number of rotatable bonds is 7. The van der Waals surface area contributed by atoms with Crippen molar-refractivity contribution in [1.29, 1.82) is 0 Å². The zero-order valence-corrected chi connectivity index (χ0v) is 15.5. The molecule has 5 nitrogen and oxygen atoms in total. The number of carbonyl (C=O) groups is 1. The third kappa shape index (κ3) is 5.07. The maximum absolute atomic E-state index is 12.6. The monoisotopic (exact) mass is 361 g/mol. The highest BCUT2D eigenvalue weighted by atomic mass is 16.5. The van der Waals surface area contributed by atoms with Crippen molar-refractivity contribution in [3.63, 3.8) is 0 Å². The van der Waals surface area contributed by atoms with E-state index in [0.717, 1.165) is 5.56 Å². The zero-order valence-electron chi connectivity index (χ0n) is 15.5. The van der Waals surface area contributed by atoms with Gasteiger partial charge in [0.1, 0.15) is 11.6 Å². The van der Waals surface area contributed by atoms with Gasteiger partial charge in [0, 0.05) is 18.3 Å². The molecule has 0 radical (unpaired) electrons. The molecule has 2 N–H and O–H groups in total. The third-order valence-corrected chi connectivity index (χ3v) is 4.05. The fourth-order valence-electron chi connectivity index (χ4n) is 2.61. The summed E-state index contributed by atoms with van der Waals surface area (Å²) < 4.78 is 5.55. The number of aromatic nitrogens is 1. The lowest BCUT2D eigenvalue weighted by atomic mass is 10.1. The van der Waals surface area contributed by atoms with Crippen LogP contribution in [0.3, 0.4) is 0 Å². The average Bonchev–Trinajstić information content (AvgIpc) is 2.69. The van der Waals surface area contributed by atoms with Crippen LogP contribution in [-0.4, -0.2) is 17.5 Å². The van der Waals surface area contributed by atoms with Gasteiger partial charge in [0.15, 0.2) is 0 Å². The minimum Gasteiger partial charge on any atom is -0.492 e. The molecule has 0 atom stereocenters. The first-order valence-corrected chi connectivity index (χ1v) is 8.94. The van der Waals surface area contributed by atoms with Crippen molar-refractivity contribution >= 4 is 17.4 Å². The summed E-state index contributed by atoms with van der Waals surface area (Å²) in [5.74, 6) is 1.10. The van der Waals surface area contributed by atoms with Crippen LogP contribution < -0.4 is 15.4 Å². The topological polar surface area (TPSA) is 63.2 Å². The summed E-state index contributed by atoms with van der Waals surface area (Å²) in [5, 5.41) is 6.15. The Morgan fingerprint density at radius 3 is 2.63 bits per heavy atom. The molecule has 0 saturated carbocycles. The van der Waals surface area contributed by atoms with Gasteiger partial charge in [-0.05, 0) is 43.7 Å². The van der Waals surface area contributed by atoms with Gasteiger partial charge < -0.3 is 15.4 Å². The number of benzene rings is 2. The molecular formula is C22H23N3O2. The molecule has 2 aromatic carbocycles. The summed E-state index contributed by atoms with van der Waals surface area (Å²) in [5.41, 5.74) is 3.56. The van der Waals surface area contributed by atoms with Crippen molar-refractivity contribution in [1.82, 2.24) is 4.98 Å². The molecule has 0 unspecified atom stereocenters. The maximum atomic E-state index is 12.6. The molecular weight excluding hydrogens is 338 g/mol. The Morgan fingerprint density at radius 1 is 1.07 bits per heavy atom. The van der Waals surface area contributed by atoms with Gasteiger partial charge in [-0.2, -0.15) is 0 Å². The first-order valence-electron chi connectivity index (χ1n) is 8.94. The van der Waals surface area contributed by atoms with Crippen molar-refractivity contribution in [2.24, 2.45) is 0 Å². The number of aryl methyl sites for hydroxylation is 1. The highest BCUT2D eigenvalue weighted by Crippen LogP contribution is 2.24. The van der Waals surface area contributed by atoms with Crippen LogP contribution in [0.25, 0.3) is 0 Å². The van der Waals surface area contributed by atoms with Crippen molar-refractivity contribution in [2.45, 2.75) is 20.4 Å². The predicted octanol–water partition coefficient (Wildman–Crippen LogP) is 4.65. The van der Waals surface area contributed by atoms with Crippen LogP contribution >= 0.6 is 0 Å². The maximum Gasteiger partial charge on any atom is 0.255 e.